The van der Waals surface area contributed by atoms with E-state index in [9.17, 15) is 4.79 Å². The lowest BCUT2D eigenvalue weighted by Crippen LogP contribution is -2.43. The van der Waals surface area contributed by atoms with Crippen molar-refractivity contribution >= 4 is 17.7 Å². The van der Waals surface area contributed by atoms with Crippen LogP contribution in [0.5, 0.6) is 0 Å². The summed E-state index contributed by atoms with van der Waals surface area (Å²) in [5, 5.41) is 3.32. The number of hydrogen-bond donors (Lipinski definition) is 1. The van der Waals surface area contributed by atoms with Crippen LogP contribution in [0.4, 0.5) is 5.82 Å². The average molecular weight is 404 g/mol. The van der Waals surface area contributed by atoms with Crippen molar-refractivity contribution < 1.29 is 10.3 Å². The van der Waals surface area contributed by atoms with Gasteiger partial charge in [-0.3, -0.25) is 0 Å². The van der Waals surface area contributed by atoms with E-state index in [4.69, 9.17) is 0 Å². The number of carbonyl (C=O) groups is 1. The first-order chi connectivity index (χ1) is 14.4. The lowest BCUT2D eigenvalue weighted by Gasteiger charge is -2.28. The number of pyridine rings is 1. The molecule has 0 radical (unpaired) electrons. The summed E-state index contributed by atoms with van der Waals surface area (Å²) in [6.07, 6.45) is 5.18. The van der Waals surface area contributed by atoms with Gasteiger partial charge >= 0.3 is 0 Å². The molecular weight excluding hydrogens is 374 g/mol. The second-order valence-corrected chi connectivity index (χ2v) is 6.68. The number of aldehydes is 1. The maximum Gasteiger partial charge on any atom is 0.128 e. The Morgan fingerprint density at radius 1 is 0.867 bits per heavy atom. The predicted molar refractivity (Wildman–Crippen MR) is 124 cm³/mol. The molecule has 1 saturated heterocycles. The van der Waals surface area contributed by atoms with Crippen LogP contribution in [0.1, 0.15) is 17.5 Å². The largest absolute Gasteiger partial charge is 0.412 e. The topological polar surface area (TPSA) is 76.7 Å². The number of piperazine rings is 1. The molecule has 3 aromatic rings. The van der Waals surface area contributed by atoms with Gasteiger partial charge in [-0.1, -0.05) is 72.8 Å². The fourth-order valence-electron chi connectivity index (χ4n) is 3.24. The van der Waals surface area contributed by atoms with Gasteiger partial charge in [-0.15, -0.1) is 0 Å². The smallest absolute Gasteiger partial charge is 0.128 e. The molecule has 0 atom stereocenters. The number of nitrogens with zero attached hydrogens (tertiary/aromatic N) is 2. The lowest BCUT2D eigenvalue weighted by molar-refractivity contribution is -0.107. The average Bonchev–Trinajstić information content (AvgIpc) is 2.82. The van der Waals surface area contributed by atoms with Gasteiger partial charge in [0.15, 0.2) is 0 Å². The van der Waals surface area contributed by atoms with Gasteiger partial charge in [0.1, 0.15) is 12.1 Å². The molecule has 1 aromatic heterocycles. The highest BCUT2D eigenvalue weighted by Gasteiger charge is 2.09. The van der Waals surface area contributed by atoms with Gasteiger partial charge in [0, 0.05) is 38.8 Å². The Kier molecular flexibility index (Phi) is 10.00. The van der Waals surface area contributed by atoms with Crippen molar-refractivity contribution in [1.29, 1.82) is 0 Å². The van der Waals surface area contributed by atoms with E-state index >= 15 is 0 Å². The number of rotatable bonds is 5. The van der Waals surface area contributed by atoms with Gasteiger partial charge in [0.2, 0.25) is 0 Å². The Hall–Kier alpha value is -3.28. The Balaban J connectivity index is 0.000000218. The van der Waals surface area contributed by atoms with Crippen LogP contribution in [0.15, 0.2) is 91.1 Å². The van der Waals surface area contributed by atoms with Gasteiger partial charge in [0.25, 0.3) is 0 Å². The van der Waals surface area contributed by atoms with Crippen LogP contribution >= 0.6 is 0 Å². The monoisotopic (exact) mass is 403 g/mol. The SMILES string of the molecule is O.O=CCC=C(c1ccccc1)c1ccccc1.c1ccc(N2CCNCC2)nc1. The van der Waals surface area contributed by atoms with Crippen LogP contribution in [0.25, 0.3) is 5.57 Å². The molecule has 30 heavy (non-hydrogen) atoms. The molecule has 0 aliphatic carbocycles. The number of anilines is 1. The van der Waals surface area contributed by atoms with Crippen LogP contribution in [0.3, 0.4) is 0 Å². The van der Waals surface area contributed by atoms with Crippen molar-refractivity contribution in [3.05, 3.63) is 102 Å². The molecule has 0 bridgehead atoms. The van der Waals surface area contributed by atoms with Crippen molar-refractivity contribution in [3.8, 4) is 0 Å². The van der Waals surface area contributed by atoms with Gasteiger partial charge in [0.05, 0.1) is 0 Å². The molecule has 1 aliphatic rings. The van der Waals surface area contributed by atoms with E-state index in [-0.39, 0.29) is 5.48 Å². The lowest BCUT2D eigenvalue weighted by atomic mass is 9.97. The summed E-state index contributed by atoms with van der Waals surface area (Å²) in [6, 6.07) is 26.3. The molecule has 0 spiro atoms. The molecule has 5 nitrogen and oxygen atoms in total. The van der Waals surface area contributed by atoms with Crippen molar-refractivity contribution in [1.82, 2.24) is 10.3 Å². The van der Waals surface area contributed by atoms with E-state index in [2.05, 4.69) is 45.5 Å². The third-order valence-electron chi connectivity index (χ3n) is 4.68. The van der Waals surface area contributed by atoms with Crippen LogP contribution in [0, 0.1) is 0 Å². The number of aromatic nitrogens is 1. The number of nitrogens with one attached hydrogen (secondary N) is 1. The predicted octanol–water partition coefficient (Wildman–Crippen LogP) is 3.37. The standard InChI is InChI=1S/C16H14O.C9H13N3.H2O/c17-13-7-12-16(14-8-3-1-4-9-14)15-10-5-2-6-11-15;1-2-4-11-9(3-1)12-7-5-10-6-8-12;/h1-6,8-13H,7H2;1-4,10H,5-8H2;1H2. The van der Waals surface area contributed by atoms with Crippen molar-refractivity contribution in [2.24, 2.45) is 0 Å². The van der Waals surface area contributed by atoms with Crippen molar-refractivity contribution in [2.45, 2.75) is 6.42 Å². The molecule has 156 valence electrons. The second-order valence-electron chi connectivity index (χ2n) is 6.68. The van der Waals surface area contributed by atoms with Crippen molar-refractivity contribution in [3.63, 3.8) is 0 Å². The van der Waals surface area contributed by atoms with Gasteiger partial charge in [-0.2, -0.15) is 0 Å². The Morgan fingerprint density at radius 3 is 1.93 bits per heavy atom. The normalized spacial score (nSPS) is 12.6. The quantitative estimate of drug-likeness (QED) is 0.663. The minimum atomic E-state index is 0. The Morgan fingerprint density at radius 2 is 1.43 bits per heavy atom. The number of carbonyl (C=O) groups excluding carboxylic acids is 1. The number of hydrogen-bond acceptors (Lipinski definition) is 4. The van der Waals surface area contributed by atoms with E-state index in [0.717, 1.165) is 55.0 Å². The highest BCUT2D eigenvalue weighted by molar-refractivity contribution is 5.81. The molecule has 1 aliphatic heterocycles. The fourth-order valence-corrected chi connectivity index (χ4v) is 3.24. The summed E-state index contributed by atoms with van der Waals surface area (Å²) in [5.74, 6) is 1.10. The molecule has 0 amide bonds. The molecule has 2 aromatic carbocycles. The van der Waals surface area contributed by atoms with E-state index in [1.54, 1.807) is 0 Å². The molecule has 1 fully saturated rings. The fraction of sp³-hybridized carbons (Fsp3) is 0.200. The van der Waals surface area contributed by atoms with Crippen LogP contribution in [-0.4, -0.2) is 42.9 Å². The summed E-state index contributed by atoms with van der Waals surface area (Å²) in [4.78, 5) is 17.1. The first-order valence-corrected chi connectivity index (χ1v) is 10.00. The molecule has 0 saturated carbocycles. The van der Waals surface area contributed by atoms with E-state index < -0.39 is 0 Å². The van der Waals surface area contributed by atoms with Crippen molar-refractivity contribution in [2.75, 3.05) is 31.1 Å². The zero-order valence-corrected chi connectivity index (χ0v) is 17.1. The maximum absolute atomic E-state index is 10.5. The summed E-state index contributed by atoms with van der Waals surface area (Å²) < 4.78 is 0. The van der Waals surface area contributed by atoms with Crippen LogP contribution < -0.4 is 10.2 Å². The number of benzene rings is 2. The van der Waals surface area contributed by atoms with E-state index in [1.807, 2.05) is 60.8 Å². The summed E-state index contributed by atoms with van der Waals surface area (Å²) in [7, 11) is 0. The van der Waals surface area contributed by atoms with E-state index in [1.165, 1.54) is 0 Å². The first-order valence-electron chi connectivity index (χ1n) is 10.00. The molecule has 3 N–H and O–H groups in total. The maximum atomic E-state index is 10.5. The zero-order valence-electron chi connectivity index (χ0n) is 17.1. The van der Waals surface area contributed by atoms with Gasteiger partial charge in [-0.25, -0.2) is 4.98 Å². The highest BCUT2D eigenvalue weighted by Crippen LogP contribution is 2.23. The molecule has 4 rings (SSSR count). The highest BCUT2D eigenvalue weighted by atomic mass is 16.1. The summed E-state index contributed by atoms with van der Waals surface area (Å²) in [6.45, 7) is 4.27. The Labute approximate surface area is 178 Å². The molecule has 2 heterocycles. The first kappa shape index (κ1) is 23.0. The summed E-state index contributed by atoms with van der Waals surface area (Å²) >= 11 is 0. The number of allylic oxidation sites excluding steroid dienone is 1. The third kappa shape index (κ3) is 6.95. The minimum absolute atomic E-state index is 0. The minimum Gasteiger partial charge on any atom is -0.412 e. The molecular formula is C25H29N3O2. The molecule has 5 heteroatoms. The van der Waals surface area contributed by atoms with Gasteiger partial charge in [-0.05, 0) is 28.8 Å². The second kappa shape index (κ2) is 13.0. The zero-order chi connectivity index (χ0) is 20.2. The third-order valence-corrected chi connectivity index (χ3v) is 4.68. The molecule has 0 unspecified atom stereocenters. The van der Waals surface area contributed by atoms with Crippen LogP contribution in [-0.2, 0) is 4.79 Å². The summed E-state index contributed by atoms with van der Waals surface area (Å²) in [5.41, 5.74) is 3.39. The Bertz CT molecular complexity index is 837. The van der Waals surface area contributed by atoms with Crippen LogP contribution in [0.2, 0.25) is 0 Å². The van der Waals surface area contributed by atoms with Gasteiger partial charge < -0.3 is 20.5 Å². The van der Waals surface area contributed by atoms with E-state index in [0.29, 0.717) is 6.42 Å².